The smallest absolute Gasteiger partial charge is 0.270 e. The minimum Gasteiger partial charge on any atom is -0.345 e. The summed E-state index contributed by atoms with van der Waals surface area (Å²) in [7, 11) is -0.175. The first-order valence-electron chi connectivity index (χ1n) is 7.92. The SMILES string of the molecule is CC(CN)N(C)C(=O)c1cc(S(=O)(=O)N2CCCCC2)cn1C.Cl. The third kappa shape index (κ3) is 4.11. The van der Waals surface area contributed by atoms with Crippen molar-refractivity contribution in [2.75, 3.05) is 26.7 Å². The fraction of sp³-hybridized carbons (Fsp3) is 0.667. The fourth-order valence-electron chi connectivity index (χ4n) is 2.68. The fourth-order valence-corrected chi connectivity index (χ4v) is 4.27. The standard InChI is InChI=1S/C15H26N4O3S.ClH/c1-12(10-16)18(3)15(20)14-9-13(11-17(14)2)23(21,22)19-7-5-4-6-8-19;/h9,11-12H,4-8,10,16H2,1-3H3;1H. The van der Waals surface area contributed by atoms with Crippen LogP contribution in [0.5, 0.6) is 0 Å². The van der Waals surface area contributed by atoms with Crippen LogP contribution < -0.4 is 5.73 Å². The van der Waals surface area contributed by atoms with Gasteiger partial charge in [-0.05, 0) is 25.8 Å². The van der Waals surface area contributed by atoms with Crippen LogP contribution in [0.3, 0.4) is 0 Å². The second-order valence-corrected chi connectivity index (χ2v) is 8.08. The van der Waals surface area contributed by atoms with Crippen LogP contribution in [-0.4, -0.2) is 60.8 Å². The molecular formula is C15H27ClN4O3S. The molecule has 1 saturated heterocycles. The number of likely N-dealkylation sites (N-methyl/N-ethyl adjacent to an activating group) is 1. The van der Waals surface area contributed by atoms with Crippen LogP contribution in [0.2, 0.25) is 0 Å². The van der Waals surface area contributed by atoms with Crippen molar-refractivity contribution in [3.63, 3.8) is 0 Å². The maximum absolute atomic E-state index is 12.7. The molecular weight excluding hydrogens is 352 g/mol. The number of nitrogens with two attached hydrogens (primary N) is 1. The molecule has 0 aromatic carbocycles. The Kier molecular flexibility index (Phi) is 7.27. The van der Waals surface area contributed by atoms with Gasteiger partial charge in [-0.3, -0.25) is 4.79 Å². The number of halogens is 1. The number of hydrogen-bond donors (Lipinski definition) is 1. The molecule has 0 radical (unpaired) electrons. The Hall–Kier alpha value is -1.09. The minimum atomic E-state index is -3.53. The number of amides is 1. The lowest BCUT2D eigenvalue weighted by Crippen LogP contribution is -2.40. The molecule has 138 valence electrons. The molecule has 2 N–H and O–H groups in total. The van der Waals surface area contributed by atoms with E-state index in [2.05, 4.69) is 0 Å². The minimum absolute atomic E-state index is 0. The van der Waals surface area contributed by atoms with Crippen molar-refractivity contribution >= 4 is 28.3 Å². The van der Waals surface area contributed by atoms with Gasteiger partial charge in [0.05, 0.1) is 0 Å². The van der Waals surface area contributed by atoms with E-state index < -0.39 is 10.0 Å². The predicted octanol–water partition coefficient (Wildman–Crippen LogP) is 1.04. The lowest BCUT2D eigenvalue weighted by atomic mass is 10.2. The van der Waals surface area contributed by atoms with Gasteiger partial charge in [0.25, 0.3) is 5.91 Å². The maximum Gasteiger partial charge on any atom is 0.270 e. The average molecular weight is 379 g/mol. The first kappa shape index (κ1) is 21.0. The number of rotatable bonds is 5. The van der Waals surface area contributed by atoms with Crippen molar-refractivity contribution in [1.29, 1.82) is 0 Å². The number of aryl methyl sites for hydroxylation is 1. The number of hydrogen-bond acceptors (Lipinski definition) is 4. The molecule has 7 nitrogen and oxygen atoms in total. The van der Waals surface area contributed by atoms with E-state index in [1.807, 2.05) is 6.92 Å². The first-order chi connectivity index (χ1) is 10.8. The lowest BCUT2D eigenvalue weighted by molar-refractivity contribution is 0.0739. The molecule has 0 aliphatic carbocycles. The summed E-state index contributed by atoms with van der Waals surface area (Å²) in [6.45, 7) is 3.30. The van der Waals surface area contributed by atoms with Crippen LogP contribution in [0, 0.1) is 0 Å². The van der Waals surface area contributed by atoms with Crippen LogP contribution >= 0.6 is 12.4 Å². The summed E-state index contributed by atoms with van der Waals surface area (Å²) in [5, 5.41) is 0. The number of piperidine rings is 1. The molecule has 1 aromatic heterocycles. The molecule has 2 heterocycles. The molecule has 2 rings (SSSR count). The van der Waals surface area contributed by atoms with E-state index in [1.165, 1.54) is 21.5 Å². The predicted molar refractivity (Wildman–Crippen MR) is 95.9 cm³/mol. The van der Waals surface area contributed by atoms with E-state index in [0.717, 1.165) is 19.3 Å². The van der Waals surface area contributed by atoms with Gasteiger partial charge in [0.15, 0.2) is 0 Å². The van der Waals surface area contributed by atoms with E-state index >= 15 is 0 Å². The van der Waals surface area contributed by atoms with E-state index in [1.54, 1.807) is 18.7 Å². The number of carbonyl (C=O) groups excluding carboxylic acids is 1. The van der Waals surface area contributed by atoms with Gasteiger partial charge in [0, 0.05) is 46.0 Å². The zero-order valence-electron chi connectivity index (χ0n) is 14.4. The van der Waals surface area contributed by atoms with Crippen LogP contribution in [-0.2, 0) is 17.1 Å². The van der Waals surface area contributed by atoms with Crippen molar-refractivity contribution in [2.45, 2.75) is 37.1 Å². The zero-order chi connectivity index (χ0) is 17.2. The molecule has 0 bridgehead atoms. The van der Waals surface area contributed by atoms with Crippen molar-refractivity contribution in [1.82, 2.24) is 13.8 Å². The molecule has 24 heavy (non-hydrogen) atoms. The molecule has 1 aromatic rings. The number of carbonyl (C=O) groups is 1. The Morgan fingerprint density at radius 1 is 1.33 bits per heavy atom. The molecule has 0 saturated carbocycles. The summed E-state index contributed by atoms with van der Waals surface area (Å²) in [5.74, 6) is -0.231. The summed E-state index contributed by atoms with van der Waals surface area (Å²) in [5.41, 5.74) is 5.95. The van der Waals surface area contributed by atoms with E-state index in [4.69, 9.17) is 5.73 Å². The highest BCUT2D eigenvalue weighted by atomic mass is 35.5. The summed E-state index contributed by atoms with van der Waals surface area (Å²) in [6.07, 6.45) is 4.34. The van der Waals surface area contributed by atoms with E-state index in [0.29, 0.717) is 25.3 Å². The van der Waals surface area contributed by atoms with Gasteiger partial charge < -0.3 is 15.2 Å². The molecule has 1 aliphatic heterocycles. The van der Waals surface area contributed by atoms with E-state index in [-0.39, 0.29) is 29.3 Å². The second kappa shape index (κ2) is 8.33. The number of nitrogens with zero attached hydrogens (tertiary/aromatic N) is 3. The highest BCUT2D eigenvalue weighted by Crippen LogP contribution is 2.23. The maximum atomic E-state index is 12.7. The zero-order valence-corrected chi connectivity index (χ0v) is 16.1. The highest BCUT2D eigenvalue weighted by Gasteiger charge is 2.29. The summed E-state index contributed by atoms with van der Waals surface area (Å²) in [6, 6.07) is 1.35. The van der Waals surface area contributed by atoms with Gasteiger partial charge >= 0.3 is 0 Å². The van der Waals surface area contributed by atoms with Gasteiger partial charge in [-0.1, -0.05) is 6.42 Å². The number of aromatic nitrogens is 1. The Labute approximate surface area is 150 Å². The highest BCUT2D eigenvalue weighted by molar-refractivity contribution is 7.89. The van der Waals surface area contributed by atoms with Gasteiger partial charge in [-0.25, -0.2) is 8.42 Å². The quantitative estimate of drug-likeness (QED) is 0.829. The summed E-state index contributed by atoms with van der Waals surface area (Å²) < 4.78 is 28.5. The second-order valence-electron chi connectivity index (χ2n) is 6.14. The molecule has 1 aliphatic rings. The van der Waals surface area contributed by atoms with Gasteiger partial charge in [-0.15, -0.1) is 12.4 Å². The van der Waals surface area contributed by atoms with Crippen molar-refractivity contribution < 1.29 is 13.2 Å². The third-order valence-electron chi connectivity index (χ3n) is 4.47. The van der Waals surface area contributed by atoms with Gasteiger partial charge in [0.2, 0.25) is 10.0 Å². The topological polar surface area (TPSA) is 88.6 Å². The van der Waals surface area contributed by atoms with Crippen LogP contribution in [0.15, 0.2) is 17.2 Å². The Morgan fingerprint density at radius 3 is 2.46 bits per heavy atom. The normalized spacial score (nSPS) is 17.2. The molecule has 1 fully saturated rings. The molecule has 9 heteroatoms. The third-order valence-corrected chi connectivity index (χ3v) is 6.34. The van der Waals surface area contributed by atoms with Gasteiger partial charge in [-0.2, -0.15) is 4.31 Å². The Balaban J connectivity index is 0.00000288. The summed E-state index contributed by atoms with van der Waals surface area (Å²) >= 11 is 0. The largest absolute Gasteiger partial charge is 0.345 e. The molecule has 0 spiro atoms. The van der Waals surface area contributed by atoms with Crippen LogP contribution in [0.1, 0.15) is 36.7 Å². The first-order valence-corrected chi connectivity index (χ1v) is 9.36. The average Bonchev–Trinajstić information content (AvgIpc) is 2.96. The Bertz CT molecular complexity index is 668. The van der Waals surface area contributed by atoms with Crippen LogP contribution in [0.4, 0.5) is 0 Å². The number of sulfonamides is 1. The summed E-state index contributed by atoms with van der Waals surface area (Å²) in [4.78, 5) is 14.2. The molecule has 1 amide bonds. The monoisotopic (exact) mass is 378 g/mol. The van der Waals surface area contributed by atoms with Crippen molar-refractivity contribution in [3.8, 4) is 0 Å². The van der Waals surface area contributed by atoms with Gasteiger partial charge in [0.1, 0.15) is 10.6 Å². The van der Waals surface area contributed by atoms with Crippen LogP contribution in [0.25, 0.3) is 0 Å². The van der Waals surface area contributed by atoms with Crippen molar-refractivity contribution in [2.24, 2.45) is 12.8 Å². The van der Waals surface area contributed by atoms with Crippen molar-refractivity contribution in [3.05, 3.63) is 18.0 Å². The molecule has 1 unspecified atom stereocenters. The Morgan fingerprint density at radius 2 is 1.92 bits per heavy atom. The van der Waals surface area contributed by atoms with E-state index in [9.17, 15) is 13.2 Å². The lowest BCUT2D eigenvalue weighted by Gasteiger charge is -2.25. The molecule has 1 atom stereocenters.